The molecule has 4 fully saturated rings. The van der Waals surface area contributed by atoms with Gasteiger partial charge < -0.3 is 36.0 Å². The van der Waals surface area contributed by atoms with E-state index in [2.05, 4.69) is 21.3 Å². The van der Waals surface area contributed by atoms with Crippen LogP contribution in [0, 0.1) is 17.3 Å². The standard InChI is InChI=1S/C43H58Cl2F5N7O7/c1-22(2)15-28-36(61)56(6)30(17-24-16-25(44)12-13-27(24)45)35(60)54-41(3,4)39(63)51-14-8-7-9-29(33(58)52-28)55(5)37(62)32(23-10-11-23)53-34(59)31-18-26(46)19-57(31)40(64)42(38(47)48)20-43(49,50)21-42/h12-13,16,22-23,26,28-32,38H,7-11,14-15,17-21H2,1-6H3,(H,51,63)(H,52,58)(H,53,59)(H,54,60)/t26-,28+,29+,30+,31+,32+/m1/s1. The number of carbonyl (C=O) groups excluding carboxylic acids is 7. The number of halogens is 7. The van der Waals surface area contributed by atoms with Crippen LogP contribution in [0.2, 0.25) is 10.0 Å². The third-order valence-corrected chi connectivity index (χ3v) is 13.2. The average molecular weight is 951 g/mol. The predicted octanol–water partition coefficient (Wildman–Crippen LogP) is 4.43. The van der Waals surface area contributed by atoms with Crippen LogP contribution >= 0.6 is 23.2 Å². The first-order chi connectivity index (χ1) is 29.8. The third-order valence-electron chi connectivity index (χ3n) is 12.6. The third kappa shape index (κ3) is 11.6. The van der Waals surface area contributed by atoms with Crippen molar-refractivity contribution in [2.45, 2.75) is 146 Å². The SMILES string of the molecule is CC(C)C[C@@H]1NC(=O)[C@@H](N(C)C(=O)[C@@H](NC(=O)[C@@H]2C[C@@H](F)CN2C(=O)C2(C(F)F)CC(F)(F)C2)C2CC2)CCCCNC(=O)C(C)(C)NC(=O)[C@H](Cc2cc(Cl)ccc2Cl)N(C)C1=O. The van der Waals surface area contributed by atoms with Gasteiger partial charge in [0.05, 0.1) is 6.54 Å². The van der Waals surface area contributed by atoms with Crippen molar-refractivity contribution in [3.8, 4) is 0 Å². The van der Waals surface area contributed by atoms with E-state index in [-0.39, 0.29) is 43.2 Å². The number of hydrogen-bond donors (Lipinski definition) is 4. The Kier molecular flexibility index (Phi) is 15.9. The number of likely N-dealkylation sites (N-methyl/N-ethyl adjacent to an activating group) is 2. The Morgan fingerprint density at radius 1 is 1.00 bits per heavy atom. The molecule has 6 atom stereocenters. The van der Waals surface area contributed by atoms with Crippen LogP contribution in [0.4, 0.5) is 22.0 Å². The smallest absolute Gasteiger partial charge is 0.253 e. The summed E-state index contributed by atoms with van der Waals surface area (Å²) >= 11 is 12.8. The minimum absolute atomic E-state index is 0.0263. The van der Waals surface area contributed by atoms with Gasteiger partial charge in [-0.2, -0.15) is 0 Å². The molecule has 0 bridgehead atoms. The zero-order valence-corrected chi connectivity index (χ0v) is 38.3. The lowest BCUT2D eigenvalue weighted by molar-refractivity contribution is -0.219. The Labute approximate surface area is 379 Å². The molecule has 1 aromatic rings. The van der Waals surface area contributed by atoms with Crippen LogP contribution in [0.15, 0.2) is 18.2 Å². The van der Waals surface area contributed by atoms with Gasteiger partial charge in [-0.15, -0.1) is 0 Å². The van der Waals surface area contributed by atoms with Crippen molar-refractivity contribution in [3.63, 3.8) is 0 Å². The van der Waals surface area contributed by atoms with Crippen LogP contribution in [0.1, 0.15) is 91.0 Å². The van der Waals surface area contributed by atoms with Gasteiger partial charge in [-0.1, -0.05) is 37.0 Å². The van der Waals surface area contributed by atoms with Gasteiger partial charge in [-0.3, -0.25) is 33.6 Å². The summed E-state index contributed by atoms with van der Waals surface area (Å²) in [5.74, 6) is -9.99. The molecule has 0 radical (unpaired) electrons. The van der Waals surface area contributed by atoms with Crippen LogP contribution in [0.3, 0.4) is 0 Å². The topological polar surface area (TPSA) is 177 Å². The molecule has 14 nitrogen and oxygen atoms in total. The van der Waals surface area contributed by atoms with E-state index in [0.29, 0.717) is 34.7 Å². The van der Waals surface area contributed by atoms with Crippen LogP contribution < -0.4 is 21.3 Å². The molecule has 4 N–H and O–H groups in total. The summed E-state index contributed by atoms with van der Waals surface area (Å²) in [4.78, 5) is 101. The number of likely N-dealkylation sites (tertiary alicyclic amines) is 1. The molecule has 0 aromatic heterocycles. The first kappa shape index (κ1) is 50.7. The maximum atomic E-state index is 14.8. The second-order valence-corrected chi connectivity index (χ2v) is 19.6. The van der Waals surface area contributed by atoms with E-state index in [1.54, 1.807) is 18.2 Å². The summed E-state index contributed by atoms with van der Waals surface area (Å²) in [5, 5.41) is 11.5. The molecule has 2 heterocycles. The number of rotatable bonds is 11. The molecule has 0 unspecified atom stereocenters. The van der Waals surface area contributed by atoms with Crippen LogP contribution in [0.5, 0.6) is 0 Å². The summed E-state index contributed by atoms with van der Waals surface area (Å²) in [6.07, 6.45) is -7.30. The van der Waals surface area contributed by atoms with Gasteiger partial charge in [0.2, 0.25) is 41.4 Å². The van der Waals surface area contributed by atoms with Crippen LogP contribution in [0.25, 0.3) is 0 Å². The molecule has 7 amide bonds. The highest BCUT2D eigenvalue weighted by Gasteiger charge is 2.68. The molecule has 2 saturated carbocycles. The van der Waals surface area contributed by atoms with E-state index >= 15 is 0 Å². The van der Waals surface area contributed by atoms with Crippen molar-refractivity contribution in [1.82, 2.24) is 36.0 Å². The Hall–Kier alpha value is -4.26. The zero-order valence-electron chi connectivity index (χ0n) is 36.8. The van der Waals surface area contributed by atoms with E-state index in [1.807, 2.05) is 13.8 Å². The average Bonchev–Trinajstić information content (AvgIpc) is 3.97. The number of benzene rings is 1. The van der Waals surface area contributed by atoms with Crippen molar-refractivity contribution in [2.24, 2.45) is 17.3 Å². The van der Waals surface area contributed by atoms with E-state index in [9.17, 15) is 55.5 Å². The van der Waals surface area contributed by atoms with Crippen molar-refractivity contribution >= 4 is 64.6 Å². The number of alkyl halides is 5. The normalized spacial score (nSPS) is 27.0. The van der Waals surface area contributed by atoms with Crippen molar-refractivity contribution < 1.29 is 55.5 Å². The second-order valence-electron chi connectivity index (χ2n) is 18.7. The molecule has 2 saturated heterocycles. The molecule has 21 heteroatoms. The summed E-state index contributed by atoms with van der Waals surface area (Å²) in [5.41, 5.74) is -3.79. The maximum absolute atomic E-state index is 14.8. The number of carbonyl (C=O) groups is 7. The van der Waals surface area contributed by atoms with Gasteiger partial charge in [0.15, 0.2) is 0 Å². The van der Waals surface area contributed by atoms with E-state index in [1.165, 1.54) is 32.8 Å². The van der Waals surface area contributed by atoms with Gasteiger partial charge in [0.1, 0.15) is 47.3 Å². The fourth-order valence-electron chi connectivity index (χ4n) is 8.76. The molecule has 4 aliphatic rings. The lowest BCUT2D eigenvalue weighted by Gasteiger charge is -2.47. The highest BCUT2D eigenvalue weighted by Crippen LogP contribution is 2.56. The minimum atomic E-state index is -3.53. The molecule has 5 rings (SSSR count). The summed E-state index contributed by atoms with van der Waals surface area (Å²) in [6.45, 7) is 6.02. The van der Waals surface area contributed by atoms with Crippen molar-refractivity contribution in [3.05, 3.63) is 33.8 Å². The number of hydrogen-bond acceptors (Lipinski definition) is 7. The van der Waals surface area contributed by atoms with Gasteiger partial charge >= 0.3 is 0 Å². The Morgan fingerprint density at radius 2 is 1.66 bits per heavy atom. The molecule has 356 valence electrons. The van der Waals surface area contributed by atoms with Crippen molar-refractivity contribution in [2.75, 3.05) is 27.2 Å². The lowest BCUT2D eigenvalue weighted by atomic mass is 9.65. The summed E-state index contributed by atoms with van der Waals surface area (Å²) in [7, 11) is 2.72. The largest absolute Gasteiger partial charge is 0.354 e. The monoisotopic (exact) mass is 949 g/mol. The Balaban J connectivity index is 1.41. The maximum Gasteiger partial charge on any atom is 0.253 e. The summed E-state index contributed by atoms with van der Waals surface area (Å²) in [6, 6.07) is -2.05. The fraction of sp³-hybridized carbons (Fsp3) is 0.698. The first-order valence-corrected chi connectivity index (χ1v) is 22.3. The predicted molar refractivity (Wildman–Crippen MR) is 226 cm³/mol. The molecular weight excluding hydrogens is 892 g/mol. The fourth-order valence-corrected chi connectivity index (χ4v) is 9.14. The minimum Gasteiger partial charge on any atom is -0.354 e. The highest BCUT2D eigenvalue weighted by atomic mass is 35.5. The van der Waals surface area contributed by atoms with Crippen molar-refractivity contribution in [1.29, 1.82) is 0 Å². The highest BCUT2D eigenvalue weighted by molar-refractivity contribution is 6.33. The lowest BCUT2D eigenvalue weighted by Crippen LogP contribution is -2.63. The molecule has 1 aromatic carbocycles. The molecule has 64 heavy (non-hydrogen) atoms. The van der Waals surface area contributed by atoms with E-state index in [4.69, 9.17) is 23.2 Å². The van der Waals surface area contributed by atoms with E-state index < -0.39 is 133 Å². The second kappa shape index (κ2) is 20.1. The molecular formula is C43H58Cl2F5N7O7. The molecule has 2 aliphatic carbocycles. The number of amides is 7. The summed E-state index contributed by atoms with van der Waals surface area (Å²) < 4.78 is 70.9. The first-order valence-electron chi connectivity index (χ1n) is 21.6. The van der Waals surface area contributed by atoms with Gasteiger partial charge in [0.25, 0.3) is 12.3 Å². The van der Waals surface area contributed by atoms with Gasteiger partial charge in [-0.25, -0.2) is 22.0 Å². The Bertz CT molecular complexity index is 1970. The molecule has 2 aliphatic heterocycles. The van der Waals surface area contributed by atoms with Gasteiger partial charge in [0, 0.05) is 56.4 Å². The van der Waals surface area contributed by atoms with E-state index in [0.717, 1.165) is 4.90 Å². The van der Waals surface area contributed by atoms with Gasteiger partial charge in [-0.05, 0) is 88.0 Å². The quantitative estimate of drug-likeness (QED) is 0.237. The molecule has 0 spiro atoms. The number of nitrogens with zero attached hydrogens (tertiary/aromatic N) is 3. The van der Waals surface area contributed by atoms with Crippen LogP contribution in [-0.2, 0) is 40.0 Å². The Morgan fingerprint density at radius 3 is 2.25 bits per heavy atom. The zero-order chi connectivity index (χ0) is 47.6. The van der Waals surface area contributed by atoms with Crippen LogP contribution in [-0.4, -0.2) is 138 Å². The number of nitrogens with one attached hydrogen (secondary N) is 4.